The zero-order valence-corrected chi connectivity index (χ0v) is 18.3. The Balaban J connectivity index is -0.0000000215. The fourth-order valence-electron chi connectivity index (χ4n) is 0. The SMILES string of the molecule is CC(O)C(=O)[O-].O=P([O-])([O-])[O-].[Na+].[Na+].[Na+].[Na+]. The number of carbonyl (C=O) groups is 1. The molecule has 0 aliphatic heterocycles. The van der Waals surface area contributed by atoms with Crippen molar-refractivity contribution in [3.05, 3.63) is 0 Å². The molecule has 0 spiro atoms. The minimum Gasteiger partial charge on any atom is -0.822 e. The normalized spacial score (nSPS) is 9.40. The van der Waals surface area contributed by atoms with Crippen LogP contribution >= 0.6 is 7.82 Å². The molecule has 0 fully saturated rings. The summed E-state index contributed by atoms with van der Waals surface area (Å²) in [5.74, 6) is -1.44. The number of aliphatic carboxylic acids is 1. The van der Waals surface area contributed by atoms with Crippen molar-refractivity contribution >= 4 is 13.8 Å². The predicted molar refractivity (Wildman–Crippen MR) is 24.3 cm³/mol. The van der Waals surface area contributed by atoms with Crippen LogP contribution in [0.1, 0.15) is 6.92 Å². The maximum Gasteiger partial charge on any atom is 1.00 e. The first-order valence-corrected chi connectivity index (χ1v) is 3.72. The quantitative estimate of drug-likeness (QED) is 0.369. The number of carbonyl (C=O) groups excluding carboxylic acids is 1. The Morgan fingerprint density at radius 3 is 1.20 bits per heavy atom. The summed E-state index contributed by atoms with van der Waals surface area (Å²) in [4.78, 5) is 35.0. The molecule has 1 atom stereocenters. The first-order valence-electron chi connectivity index (χ1n) is 2.26. The van der Waals surface area contributed by atoms with Gasteiger partial charge < -0.3 is 34.3 Å². The molecule has 0 aromatic heterocycles. The van der Waals surface area contributed by atoms with Crippen molar-refractivity contribution in [2.45, 2.75) is 13.0 Å². The van der Waals surface area contributed by atoms with E-state index in [1.54, 1.807) is 0 Å². The molecule has 0 saturated heterocycles. The van der Waals surface area contributed by atoms with E-state index in [-0.39, 0.29) is 118 Å². The van der Waals surface area contributed by atoms with Crippen LogP contribution in [-0.2, 0) is 9.36 Å². The van der Waals surface area contributed by atoms with Gasteiger partial charge in [-0.2, -0.15) is 7.82 Å². The summed E-state index contributed by atoms with van der Waals surface area (Å²) in [5.41, 5.74) is 0. The van der Waals surface area contributed by atoms with Crippen molar-refractivity contribution in [3.8, 4) is 0 Å². The molecule has 0 aromatic rings. The van der Waals surface area contributed by atoms with Crippen molar-refractivity contribution in [3.63, 3.8) is 0 Å². The number of carboxylic acids is 1. The standard InChI is InChI=1S/C3H6O3.4Na.H3O4P/c1-2(4)3(5)6;;;;;1-5(2,3)4/h2,4H,1H3,(H,5,6);;;;;(H3,1,2,3,4)/q;4*+1;/p-4. The number of phosphoric acid groups is 1. The van der Waals surface area contributed by atoms with Crippen molar-refractivity contribution < 1.29 is 152 Å². The summed E-state index contributed by atoms with van der Waals surface area (Å²) < 4.78 is 8.55. The van der Waals surface area contributed by atoms with E-state index >= 15 is 0 Å². The molecule has 0 rings (SSSR count). The van der Waals surface area contributed by atoms with Crippen molar-refractivity contribution in [2.24, 2.45) is 0 Å². The Labute approximate surface area is 176 Å². The maximum absolute atomic E-state index is 9.34. The summed E-state index contributed by atoms with van der Waals surface area (Å²) >= 11 is 0. The number of rotatable bonds is 1. The van der Waals surface area contributed by atoms with Crippen LogP contribution < -0.4 is 138 Å². The molecule has 0 heterocycles. The molecule has 0 bridgehead atoms. The Morgan fingerprint density at radius 1 is 1.13 bits per heavy atom. The second-order valence-electron chi connectivity index (χ2n) is 1.44. The van der Waals surface area contributed by atoms with Crippen LogP contribution in [0.15, 0.2) is 0 Å². The molecule has 0 radical (unpaired) electrons. The zero-order chi connectivity index (χ0) is 9.65. The molecule has 1 N–H and O–H groups in total. The number of aliphatic hydroxyl groups is 1. The minimum atomic E-state index is -5.39. The van der Waals surface area contributed by atoms with Crippen molar-refractivity contribution in [1.29, 1.82) is 0 Å². The Morgan fingerprint density at radius 2 is 1.20 bits per heavy atom. The van der Waals surface area contributed by atoms with E-state index < -0.39 is 19.9 Å². The molecule has 0 saturated carbocycles. The average Bonchev–Trinajstić information content (AvgIpc) is 1.59. The van der Waals surface area contributed by atoms with Gasteiger partial charge in [0.15, 0.2) is 0 Å². The predicted octanol–water partition coefficient (Wildman–Crippen LogP) is -16.7. The summed E-state index contributed by atoms with van der Waals surface area (Å²) in [6.45, 7) is 1.13. The molecule has 1 unspecified atom stereocenters. The molecule has 0 aliphatic carbocycles. The second-order valence-corrected chi connectivity index (χ2v) is 2.34. The summed E-state index contributed by atoms with van der Waals surface area (Å²) in [5, 5.41) is 17.3. The van der Waals surface area contributed by atoms with Gasteiger partial charge in [-0.15, -0.1) is 0 Å². The fourth-order valence-corrected chi connectivity index (χ4v) is 0. The third-order valence-corrected chi connectivity index (χ3v) is 0.341. The van der Waals surface area contributed by atoms with Gasteiger partial charge >= 0.3 is 118 Å². The Hall–Kier alpha value is 3.54. The number of carboxylic acid groups (broad SMARTS) is 1. The first kappa shape index (κ1) is 36.3. The fraction of sp³-hybridized carbons (Fsp3) is 0.667. The average molecular weight is 276 g/mol. The Bertz CT molecular complexity index is 161. The van der Waals surface area contributed by atoms with Crippen LogP contribution in [-0.4, -0.2) is 17.2 Å². The van der Waals surface area contributed by atoms with Crippen LogP contribution in [0.2, 0.25) is 0 Å². The number of hydrogen-bond acceptors (Lipinski definition) is 7. The molecule has 0 aromatic carbocycles. The van der Waals surface area contributed by atoms with E-state index in [9.17, 15) is 9.90 Å². The maximum atomic E-state index is 9.34. The van der Waals surface area contributed by atoms with Gasteiger partial charge in [-0.3, -0.25) is 0 Å². The molecule has 7 nitrogen and oxygen atoms in total. The van der Waals surface area contributed by atoms with Gasteiger partial charge in [0.2, 0.25) is 0 Å². The monoisotopic (exact) mass is 276 g/mol. The zero-order valence-electron chi connectivity index (χ0n) is 9.42. The van der Waals surface area contributed by atoms with E-state index in [4.69, 9.17) is 24.4 Å². The summed E-state index contributed by atoms with van der Waals surface area (Å²) in [7, 11) is -5.39. The largest absolute Gasteiger partial charge is 1.00 e. The molecular formula is C3H5Na4O7P. The van der Waals surface area contributed by atoms with E-state index in [2.05, 4.69) is 0 Å². The first-order chi connectivity index (χ1) is 4.64. The van der Waals surface area contributed by atoms with Crippen LogP contribution in [0.25, 0.3) is 0 Å². The second kappa shape index (κ2) is 19.9. The summed E-state index contributed by atoms with van der Waals surface area (Å²) in [6, 6.07) is 0. The molecular weight excluding hydrogens is 271 g/mol. The van der Waals surface area contributed by atoms with Crippen LogP contribution in [0, 0.1) is 0 Å². The number of aliphatic hydroxyl groups excluding tert-OH is 1. The van der Waals surface area contributed by atoms with Crippen LogP contribution in [0.4, 0.5) is 0 Å². The number of hydrogen-bond donors (Lipinski definition) is 1. The third kappa shape index (κ3) is 74.5. The van der Waals surface area contributed by atoms with Gasteiger partial charge in [-0.1, -0.05) is 0 Å². The minimum absolute atomic E-state index is 0. The summed E-state index contributed by atoms with van der Waals surface area (Å²) in [6.07, 6.45) is -1.34. The van der Waals surface area contributed by atoms with Gasteiger partial charge in [-0.25, -0.2) is 0 Å². The molecule has 12 heteroatoms. The van der Waals surface area contributed by atoms with Gasteiger partial charge in [0, 0.05) is 0 Å². The van der Waals surface area contributed by atoms with Crippen molar-refractivity contribution in [2.75, 3.05) is 0 Å². The molecule has 0 aliphatic rings. The van der Waals surface area contributed by atoms with Crippen molar-refractivity contribution in [1.82, 2.24) is 0 Å². The van der Waals surface area contributed by atoms with Gasteiger partial charge in [0.25, 0.3) is 0 Å². The topological polar surface area (TPSA) is 147 Å². The smallest absolute Gasteiger partial charge is 0.822 e. The van der Waals surface area contributed by atoms with E-state index in [0.29, 0.717) is 0 Å². The van der Waals surface area contributed by atoms with Crippen LogP contribution in [0.3, 0.4) is 0 Å². The molecule has 68 valence electrons. The molecule has 0 amide bonds. The van der Waals surface area contributed by atoms with E-state index in [1.807, 2.05) is 0 Å². The van der Waals surface area contributed by atoms with E-state index in [0.717, 1.165) is 6.92 Å². The van der Waals surface area contributed by atoms with Gasteiger partial charge in [-0.05, 0) is 6.92 Å². The van der Waals surface area contributed by atoms with Gasteiger partial charge in [0.1, 0.15) is 0 Å². The van der Waals surface area contributed by atoms with Gasteiger partial charge in [0.05, 0.1) is 12.1 Å². The van der Waals surface area contributed by atoms with E-state index in [1.165, 1.54) is 0 Å². The Kier molecular flexibility index (Phi) is 48.0. The molecule has 15 heavy (non-hydrogen) atoms. The van der Waals surface area contributed by atoms with Crippen LogP contribution in [0.5, 0.6) is 0 Å². The third-order valence-electron chi connectivity index (χ3n) is 0.341.